The van der Waals surface area contributed by atoms with Gasteiger partial charge in [-0.25, -0.2) is 4.39 Å². The summed E-state index contributed by atoms with van der Waals surface area (Å²) in [6.07, 6.45) is 5.61. The maximum Gasteiger partial charge on any atom is 0.167 e. The Morgan fingerprint density at radius 1 is 1.30 bits per heavy atom. The first kappa shape index (κ1) is 13.6. The van der Waals surface area contributed by atoms with Crippen LogP contribution in [0.4, 0.5) is 4.39 Å². The van der Waals surface area contributed by atoms with Crippen LogP contribution < -0.4 is 0 Å². The highest BCUT2D eigenvalue weighted by Gasteiger charge is 2.41. The summed E-state index contributed by atoms with van der Waals surface area (Å²) in [6, 6.07) is 1.27. The molecular weight excluding hydrogens is 261 g/mol. The maximum absolute atomic E-state index is 13.2. The van der Waals surface area contributed by atoms with Gasteiger partial charge in [-0.2, -0.15) is 0 Å². The summed E-state index contributed by atoms with van der Waals surface area (Å²) in [6.45, 7) is 1.95. The first-order valence-corrected chi connectivity index (χ1v) is 7.05. The highest BCUT2D eigenvalue weighted by Crippen LogP contribution is 2.38. The number of pyridine rings is 1. The van der Waals surface area contributed by atoms with Gasteiger partial charge in [-0.05, 0) is 31.7 Å². The molecule has 4 nitrogen and oxygen atoms in total. The third-order valence-corrected chi connectivity index (χ3v) is 4.26. The van der Waals surface area contributed by atoms with Gasteiger partial charge in [-0.15, -0.1) is 0 Å². The monoisotopic (exact) mass is 279 g/mol. The van der Waals surface area contributed by atoms with E-state index in [9.17, 15) is 9.18 Å². The van der Waals surface area contributed by atoms with Gasteiger partial charge < -0.3 is 9.47 Å². The number of ether oxygens (including phenoxy) is 2. The van der Waals surface area contributed by atoms with Gasteiger partial charge in [-0.3, -0.25) is 9.78 Å². The molecular formula is C15H18FNO3. The van der Waals surface area contributed by atoms with Gasteiger partial charge in [-0.1, -0.05) is 0 Å². The van der Waals surface area contributed by atoms with Crippen LogP contribution in [0.3, 0.4) is 0 Å². The zero-order chi connectivity index (χ0) is 14.0. The lowest BCUT2D eigenvalue weighted by Crippen LogP contribution is -2.45. The van der Waals surface area contributed by atoms with Crippen molar-refractivity contribution < 1.29 is 18.7 Å². The van der Waals surface area contributed by atoms with Crippen LogP contribution in [0.1, 0.15) is 36.0 Å². The highest BCUT2D eigenvalue weighted by atomic mass is 19.1. The Labute approximate surface area is 117 Å². The lowest BCUT2D eigenvalue weighted by molar-refractivity contribution is -0.142. The van der Waals surface area contributed by atoms with Gasteiger partial charge in [0.25, 0.3) is 0 Å². The molecule has 0 aromatic carbocycles. The minimum absolute atomic E-state index is 0.0221. The molecule has 1 unspecified atom stereocenters. The summed E-state index contributed by atoms with van der Waals surface area (Å²) >= 11 is 0. The van der Waals surface area contributed by atoms with E-state index >= 15 is 0 Å². The van der Waals surface area contributed by atoms with E-state index in [2.05, 4.69) is 4.98 Å². The van der Waals surface area contributed by atoms with Crippen LogP contribution in [0.25, 0.3) is 0 Å². The van der Waals surface area contributed by atoms with Gasteiger partial charge in [0.2, 0.25) is 0 Å². The SMILES string of the molecule is O=C(c1cncc(F)c1)C1CCOC2(CCOCC2)C1. The molecule has 0 saturated carbocycles. The molecule has 108 valence electrons. The van der Waals surface area contributed by atoms with Crippen molar-refractivity contribution in [3.8, 4) is 0 Å². The molecule has 3 rings (SSSR count). The number of Topliss-reactive ketones (excluding diaryl/α,β-unsaturated/α-hetero) is 1. The third-order valence-electron chi connectivity index (χ3n) is 4.26. The highest BCUT2D eigenvalue weighted by molar-refractivity contribution is 5.97. The normalized spacial score (nSPS) is 25.6. The molecule has 2 saturated heterocycles. The van der Waals surface area contributed by atoms with Crippen LogP contribution in [-0.2, 0) is 9.47 Å². The minimum Gasteiger partial charge on any atom is -0.381 e. The summed E-state index contributed by atoms with van der Waals surface area (Å²) in [4.78, 5) is 16.2. The second-order valence-corrected chi connectivity index (χ2v) is 5.59. The molecule has 5 heteroatoms. The van der Waals surface area contributed by atoms with Crippen LogP contribution in [0.15, 0.2) is 18.5 Å². The molecule has 2 aliphatic heterocycles. The van der Waals surface area contributed by atoms with E-state index in [1.165, 1.54) is 12.3 Å². The largest absolute Gasteiger partial charge is 0.381 e. The van der Waals surface area contributed by atoms with Crippen molar-refractivity contribution in [2.75, 3.05) is 19.8 Å². The van der Waals surface area contributed by atoms with Gasteiger partial charge in [0.1, 0.15) is 5.82 Å². The Morgan fingerprint density at radius 3 is 2.85 bits per heavy atom. The molecule has 2 fully saturated rings. The molecule has 2 aliphatic rings. The minimum atomic E-state index is -0.469. The first-order chi connectivity index (χ1) is 9.69. The third kappa shape index (κ3) is 2.74. The predicted octanol–water partition coefficient (Wildman–Crippen LogP) is 2.38. The van der Waals surface area contributed by atoms with Crippen LogP contribution in [-0.4, -0.2) is 36.2 Å². The number of carbonyl (C=O) groups is 1. The number of hydrogen-bond acceptors (Lipinski definition) is 4. The summed E-state index contributed by atoms with van der Waals surface area (Å²) in [5.41, 5.74) is 0.136. The van der Waals surface area contributed by atoms with Crippen molar-refractivity contribution in [1.82, 2.24) is 4.98 Å². The molecule has 0 bridgehead atoms. The molecule has 1 aromatic rings. The van der Waals surface area contributed by atoms with E-state index < -0.39 is 5.82 Å². The van der Waals surface area contributed by atoms with Gasteiger partial charge in [0.15, 0.2) is 5.78 Å². The lowest BCUT2D eigenvalue weighted by atomic mass is 9.78. The number of carbonyl (C=O) groups excluding carboxylic acids is 1. The van der Waals surface area contributed by atoms with Gasteiger partial charge in [0.05, 0.1) is 11.8 Å². The topological polar surface area (TPSA) is 48.4 Å². The van der Waals surface area contributed by atoms with E-state index in [1.807, 2.05) is 0 Å². The zero-order valence-electron chi connectivity index (χ0n) is 11.3. The van der Waals surface area contributed by atoms with Crippen LogP contribution in [0.5, 0.6) is 0 Å². The number of nitrogens with zero attached hydrogens (tertiary/aromatic N) is 1. The van der Waals surface area contributed by atoms with Crippen LogP contribution >= 0.6 is 0 Å². The van der Waals surface area contributed by atoms with E-state index in [4.69, 9.17) is 9.47 Å². The summed E-state index contributed by atoms with van der Waals surface area (Å²) in [5.74, 6) is -0.597. The van der Waals surface area contributed by atoms with Crippen LogP contribution in [0, 0.1) is 11.7 Å². The molecule has 0 aliphatic carbocycles. The van der Waals surface area contributed by atoms with E-state index in [0.29, 0.717) is 38.2 Å². The molecule has 1 atom stereocenters. The smallest absolute Gasteiger partial charge is 0.167 e. The number of ketones is 1. The fraction of sp³-hybridized carbons (Fsp3) is 0.600. The second-order valence-electron chi connectivity index (χ2n) is 5.59. The fourth-order valence-corrected chi connectivity index (χ4v) is 3.13. The predicted molar refractivity (Wildman–Crippen MR) is 70.0 cm³/mol. The average Bonchev–Trinajstić information content (AvgIpc) is 2.47. The zero-order valence-corrected chi connectivity index (χ0v) is 11.3. The Balaban J connectivity index is 1.74. The van der Waals surface area contributed by atoms with Crippen LogP contribution in [0.2, 0.25) is 0 Å². The van der Waals surface area contributed by atoms with Crippen molar-refractivity contribution in [3.05, 3.63) is 29.8 Å². The van der Waals surface area contributed by atoms with Gasteiger partial charge >= 0.3 is 0 Å². The van der Waals surface area contributed by atoms with E-state index in [-0.39, 0.29) is 17.3 Å². The lowest BCUT2D eigenvalue weighted by Gasteiger charge is -2.42. The van der Waals surface area contributed by atoms with Crippen molar-refractivity contribution in [1.29, 1.82) is 0 Å². The molecule has 1 aromatic heterocycles. The maximum atomic E-state index is 13.2. The van der Waals surface area contributed by atoms with Crippen molar-refractivity contribution >= 4 is 5.78 Å². The molecule has 1 spiro atoms. The van der Waals surface area contributed by atoms with E-state index in [0.717, 1.165) is 19.0 Å². The summed E-state index contributed by atoms with van der Waals surface area (Å²) in [5, 5.41) is 0. The first-order valence-electron chi connectivity index (χ1n) is 7.05. The fourth-order valence-electron chi connectivity index (χ4n) is 3.13. The Kier molecular flexibility index (Phi) is 3.81. The number of rotatable bonds is 2. The van der Waals surface area contributed by atoms with Crippen molar-refractivity contribution in [2.45, 2.75) is 31.3 Å². The Morgan fingerprint density at radius 2 is 2.10 bits per heavy atom. The van der Waals surface area contributed by atoms with Gasteiger partial charge in [0, 0.05) is 37.5 Å². The van der Waals surface area contributed by atoms with Crippen molar-refractivity contribution in [2.24, 2.45) is 5.92 Å². The molecule has 3 heterocycles. The Hall–Kier alpha value is -1.33. The average molecular weight is 279 g/mol. The molecule has 20 heavy (non-hydrogen) atoms. The standard InChI is InChI=1S/C15H18FNO3/c16-13-7-12(9-17-10-13)14(18)11-1-4-20-15(8-11)2-5-19-6-3-15/h7,9-11H,1-6,8H2. The molecule has 0 radical (unpaired) electrons. The summed E-state index contributed by atoms with van der Waals surface area (Å²) < 4.78 is 24.5. The van der Waals surface area contributed by atoms with E-state index in [1.54, 1.807) is 0 Å². The number of aromatic nitrogens is 1. The van der Waals surface area contributed by atoms with Crippen molar-refractivity contribution in [3.63, 3.8) is 0 Å². The quantitative estimate of drug-likeness (QED) is 0.780. The molecule has 0 N–H and O–H groups in total. The second kappa shape index (κ2) is 5.58. The number of hydrogen-bond donors (Lipinski definition) is 0. The Bertz CT molecular complexity index is 494. The number of halogens is 1. The molecule has 0 amide bonds. The summed E-state index contributed by atoms with van der Waals surface area (Å²) in [7, 11) is 0.